The summed E-state index contributed by atoms with van der Waals surface area (Å²) in [5, 5.41) is 0. The maximum absolute atomic E-state index is 10.2. The summed E-state index contributed by atoms with van der Waals surface area (Å²) in [4.78, 5) is 60.2. The highest BCUT2D eigenvalue weighted by Gasteiger charge is 1.91. The minimum atomic E-state index is -0.211. The summed E-state index contributed by atoms with van der Waals surface area (Å²) in [6.07, 6.45) is 10.7. The molecule has 0 radical (unpaired) electrons. The van der Waals surface area contributed by atoms with Gasteiger partial charge in [-0.15, -0.1) is 0 Å². The van der Waals surface area contributed by atoms with Gasteiger partial charge in [0, 0.05) is 41.5 Å². The van der Waals surface area contributed by atoms with Crippen molar-refractivity contribution in [3.63, 3.8) is 0 Å². The van der Waals surface area contributed by atoms with Crippen molar-refractivity contribution in [2.75, 3.05) is 39.6 Å². The third-order valence-electron chi connectivity index (χ3n) is 4.41. The van der Waals surface area contributed by atoms with E-state index < -0.39 is 0 Å². The summed E-state index contributed by atoms with van der Waals surface area (Å²) >= 11 is 0. The summed E-state index contributed by atoms with van der Waals surface area (Å²) in [5.41, 5.74) is 0. The lowest BCUT2D eigenvalue weighted by Gasteiger charge is -1.98. The van der Waals surface area contributed by atoms with Gasteiger partial charge in [-0.05, 0) is 39.5 Å². The maximum Gasteiger partial charge on any atom is 0.302 e. The van der Waals surface area contributed by atoms with Crippen molar-refractivity contribution in [3.05, 3.63) is 0 Å². The van der Waals surface area contributed by atoms with Crippen molar-refractivity contribution in [1.82, 2.24) is 0 Å². The molecule has 0 aliphatic rings. The van der Waals surface area contributed by atoms with Crippen molar-refractivity contribution in [2.24, 2.45) is 0 Å². The van der Waals surface area contributed by atoms with E-state index in [0.717, 1.165) is 51.4 Å². The third-order valence-corrected chi connectivity index (χ3v) is 4.41. The smallest absolute Gasteiger partial charge is 0.302 e. The van der Waals surface area contributed by atoms with E-state index in [0.29, 0.717) is 39.6 Å². The molecule has 0 saturated carbocycles. The van der Waals surface area contributed by atoms with Gasteiger partial charge < -0.3 is 28.4 Å². The minimum absolute atomic E-state index is 0.175. The number of rotatable bonds is 16. The van der Waals surface area contributed by atoms with Crippen molar-refractivity contribution in [2.45, 2.75) is 147 Å². The van der Waals surface area contributed by atoms with Crippen LogP contribution in [0.25, 0.3) is 0 Å². The highest BCUT2D eigenvalue weighted by Crippen LogP contribution is 1.94. The molecule has 46 heavy (non-hydrogen) atoms. The fraction of sp³-hybridized carbons (Fsp3) is 0.824. The minimum Gasteiger partial charge on any atom is -0.466 e. The second-order valence-electron chi connectivity index (χ2n) is 9.33. The van der Waals surface area contributed by atoms with Crippen molar-refractivity contribution < 1.29 is 57.2 Å². The number of carbonyl (C=O) groups is 6. The molecule has 0 aliphatic carbocycles. The van der Waals surface area contributed by atoms with E-state index in [9.17, 15) is 28.8 Å². The molecule has 0 aliphatic heterocycles. The predicted molar refractivity (Wildman–Crippen MR) is 180 cm³/mol. The highest BCUT2D eigenvalue weighted by atomic mass is 16.5. The fourth-order valence-electron chi connectivity index (χ4n) is 2.26. The first kappa shape index (κ1) is 55.2. The van der Waals surface area contributed by atoms with E-state index in [1.165, 1.54) is 54.4 Å². The first-order valence-corrected chi connectivity index (χ1v) is 16.4. The Hall–Kier alpha value is -3.18. The molecule has 12 heteroatoms. The van der Waals surface area contributed by atoms with E-state index >= 15 is 0 Å². The molecule has 0 aromatic heterocycles. The van der Waals surface area contributed by atoms with Gasteiger partial charge in [-0.2, -0.15) is 0 Å². The molecule has 0 aromatic carbocycles. The van der Waals surface area contributed by atoms with Crippen LogP contribution in [0.3, 0.4) is 0 Å². The second-order valence-corrected chi connectivity index (χ2v) is 9.33. The average Bonchev–Trinajstić information content (AvgIpc) is 2.95. The van der Waals surface area contributed by atoms with E-state index in [1.807, 2.05) is 0 Å². The van der Waals surface area contributed by atoms with Crippen molar-refractivity contribution in [1.29, 1.82) is 0 Å². The van der Waals surface area contributed by atoms with E-state index in [4.69, 9.17) is 9.47 Å². The quantitative estimate of drug-likeness (QED) is 0.0918. The van der Waals surface area contributed by atoms with Gasteiger partial charge >= 0.3 is 35.8 Å². The van der Waals surface area contributed by atoms with Crippen LogP contribution in [0.2, 0.25) is 0 Å². The largest absolute Gasteiger partial charge is 0.466 e. The van der Waals surface area contributed by atoms with Crippen LogP contribution in [0.5, 0.6) is 0 Å². The van der Waals surface area contributed by atoms with Crippen molar-refractivity contribution >= 4 is 35.8 Å². The lowest BCUT2D eigenvalue weighted by atomic mass is 10.3. The molecule has 0 heterocycles. The first-order valence-electron chi connectivity index (χ1n) is 16.4. The molecule has 0 bridgehead atoms. The molecular formula is C34H68O12. The van der Waals surface area contributed by atoms with Crippen LogP contribution >= 0.6 is 0 Å². The Kier molecular flexibility index (Phi) is 61.7. The number of esters is 6. The molecule has 0 rings (SSSR count). The molecule has 0 unspecified atom stereocenters. The summed E-state index contributed by atoms with van der Waals surface area (Å²) < 4.78 is 27.5. The lowest BCUT2D eigenvalue weighted by molar-refractivity contribution is -0.142. The zero-order valence-electron chi connectivity index (χ0n) is 31.2. The summed E-state index contributed by atoms with van der Waals surface area (Å²) in [6.45, 7) is 23.7. The number of hydrogen-bond donors (Lipinski definition) is 0. The molecule has 276 valence electrons. The van der Waals surface area contributed by atoms with Gasteiger partial charge in [0.25, 0.3) is 0 Å². The van der Waals surface area contributed by atoms with Crippen LogP contribution in [0.15, 0.2) is 0 Å². The maximum atomic E-state index is 10.2. The zero-order chi connectivity index (χ0) is 37.0. The number of ether oxygens (including phenoxy) is 6. The van der Waals surface area contributed by atoms with E-state index in [-0.39, 0.29) is 35.8 Å². The van der Waals surface area contributed by atoms with Gasteiger partial charge in [0.1, 0.15) is 0 Å². The van der Waals surface area contributed by atoms with Gasteiger partial charge in [-0.3, -0.25) is 28.8 Å². The van der Waals surface area contributed by atoms with Gasteiger partial charge in [-0.25, -0.2) is 0 Å². The number of carbonyl (C=O) groups excluding carboxylic acids is 6. The van der Waals surface area contributed by atoms with Gasteiger partial charge in [0.05, 0.1) is 39.6 Å². The zero-order valence-corrected chi connectivity index (χ0v) is 31.2. The van der Waals surface area contributed by atoms with E-state index in [2.05, 4.69) is 46.6 Å². The SMILES string of the molecule is CCCCCOC(C)=O.CCCCCOC(C)=O.CCCCOC(C)=O.CCCCOC(C)=O.CCOC(C)=O.CCOC(C)=O. The third kappa shape index (κ3) is 105. The molecular weight excluding hydrogens is 600 g/mol. The standard InChI is InChI=1S/2C7H14O2.2C6H12O2.2C4H8O2/c2*1-3-4-5-6-9-7(2)8;2*1-3-4-5-8-6(2)7;2*1-3-6-4(2)5/h2*3-6H2,1-2H3;2*3-5H2,1-2H3;2*3H2,1-2H3. The molecule has 0 spiro atoms. The van der Waals surface area contributed by atoms with Crippen LogP contribution in [0.1, 0.15) is 147 Å². The number of hydrogen-bond acceptors (Lipinski definition) is 12. The topological polar surface area (TPSA) is 158 Å². The Labute approximate surface area is 279 Å². The second kappa shape index (κ2) is 51.4. The van der Waals surface area contributed by atoms with Gasteiger partial charge in [-0.1, -0.05) is 66.2 Å². The molecule has 0 saturated heterocycles. The molecule has 0 fully saturated rings. The lowest BCUT2D eigenvalue weighted by Crippen LogP contribution is -1.99. The monoisotopic (exact) mass is 668 g/mol. The Balaban J connectivity index is -0.000000105. The van der Waals surface area contributed by atoms with Gasteiger partial charge in [0.15, 0.2) is 0 Å². The Morgan fingerprint density at radius 3 is 0.630 bits per heavy atom. The highest BCUT2D eigenvalue weighted by molar-refractivity contribution is 5.67. The van der Waals surface area contributed by atoms with Crippen LogP contribution < -0.4 is 0 Å². The molecule has 0 atom stereocenters. The van der Waals surface area contributed by atoms with E-state index in [1.54, 1.807) is 13.8 Å². The van der Waals surface area contributed by atoms with Crippen LogP contribution in [0, 0.1) is 0 Å². The Bertz CT molecular complexity index is 636. The first-order chi connectivity index (χ1) is 21.6. The average molecular weight is 669 g/mol. The molecule has 0 amide bonds. The van der Waals surface area contributed by atoms with Crippen LogP contribution in [0.4, 0.5) is 0 Å². The van der Waals surface area contributed by atoms with Crippen LogP contribution in [-0.2, 0) is 57.2 Å². The molecule has 0 N–H and O–H groups in total. The molecule has 0 aromatic rings. The summed E-state index contributed by atoms with van der Waals surface area (Å²) in [7, 11) is 0. The summed E-state index contributed by atoms with van der Waals surface area (Å²) in [5.74, 6) is -1.14. The Morgan fingerprint density at radius 2 is 0.500 bits per heavy atom. The predicted octanol–water partition coefficient (Wildman–Crippen LogP) is 7.32. The summed E-state index contributed by atoms with van der Waals surface area (Å²) in [6, 6.07) is 0. The fourth-order valence-corrected chi connectivity index (χ4v) is 2.26. The van der Waals surface area contributed by atoms with Gasteiger partial charge in [0.2, 0.25) is 0 Å². The number of unbranched alkanes of at least 4 members (excludes halogenated alkanes) is 6. The Morgan fingerprint density at radius 1 is 0.304 bits per heavy atom. The molecule has 12 nitrogen and oxygen atoms in total. The normalized spacial score (nSPS) is 8.61. The van der Waals surface area contributed by atoms with Crippen molar-refractivity contribution in [3.8, 4) is 0 Å². The van der Waals surface area contributed by atoms with Crippen LogP contribution in [-0.4, -0.2) is 75.5 Å².